The Bertz CT molecular complexity index is 1320. The number of amides is 4. The number of hydrogen-bond donors (Lipinski definition) is 3. The molecule has 2 fully saturated rings. The van der Waals surface area contributed by atoms with Crippen LogP contribution in [0.1, 0.15) is 44.9 Å². The number of anilines is 3. The molecule has 186 valence electrons. The maximum atomic E-state index is 14.6. The second-order valence-corrected chi connectivity index (χ2v) is 9.58. The van der Waals surface area contributed by atoms with Crippen LogP contribution in [-0.2, 0) is 0 Å². The lowest BCUT2D eigenvalue weighted by Gasteiger charge is -2.30. The zero-order valence-electron chi connectivity index (χ0n) is 19.3. The van der Waals surface area contributed by atoms with Gasteiger partial charge in [-0.2, -0.15) is 0 Å². The van der Waals surface area contributed by atoms with Gasteiger partial charge in [0.15, 0.2) is 5.13 Å². The predicted octanol–water partition coefficient (Wildman–Crippen LogP) is 4.27. The average Bonchev–Trinajstić information content (AvgIpc) is 3.50. The lowest BCUT2D eigenvalue weighted by Crippen LogP contribution is -2.44. The van der Waals surface area contributed by atoms with Crippen molar-refractivity contribution in [3.63, 3.8) is 0 Å². The van der Waals surface area contributed by atoms with E-state index in [4.69, 9.17) is 4.74 Å². The summed E-state index contributed by atoms with van der Waals surface area (Å²) < 4.78 is 20.2. The SMILES string of the molecule is Cc1cc(F)c(C(=O)Nc2ccc(OC3CC3)cn2)cc1NC(=O)c1cnc(NC(=O)N2CCC2)s1. The minimum Gasteiger partial charge on any atom is -0.489 e. The Morgan fingerprint density at radius 2 is 1.86 bits per heavy atom. The number of benzene rings is 1. The fourth-order valence-electron chi connectivity index (χ4n) is 3.38. The average molecular weight is 511 g/mol. The van der Waals surface area contributed by atoms with Crippen LogP contribution < -0.4 is 20.7 Å². The molecule has 3 aromatic rings. The number of carbonyl (C=O) groups is 3. The van der Waals surface area contributed by atoms with E-state index in [9.17, 15) is 18.8 Å². The van der Waals surface area contributed by atoms with Gasteiger partial charge in [-0.3, -0.25) is 14.9 Å². The van der Waals surface area contributed by atoms with Gasteiger partial charge in [-0.05, 0) is 56.0 Å². The number of pyridine rings is 1. The van der Waals surface area contributed by atoms with Gasteiger partial charge in [0.2, 0.25) is 0 Å². The molecule has 36 heavy (non-hydrogen) atoms. The van der Waals surface area contributed by atoms with Crippen molar-refractivity contribution < 1.29 is 23.5 Å². The van der Waals surface area contributed by atoms with Gasteiger partial charge < -0.3 is 20.3 Å². The van der Waals surface area contributed by atoms with Gasteiger partial charge in [0.05, 0.1) is 24.1 Å². The molecule has 3 heterocycles. The molecular weight excluding hydrogens is 487 g/mol. The van der Waals surface area contributed by atoms with Crippen molar-refractivity contribution in [3.8, 4) is 5.75 Å². The molecule has 10 nitrogen and oxygen atoms in total. The number of carbonyl (C=O) groups excluding carboxylic acids is 3. The first-order valence-corrected chi connectivity index (χ1v) is 12.2. The third-order valence-corrected chi connectivity index (χ3v) is 6.61. The second-order valence-electron chi connectivity index (χ2n) is 8.55. The number of hydrogen-bond acceptors (Lipinski definition) is 7. The molecular formula is C24H23FN6O4S. The van der Waals surface area contributed by atoms with Gasteiger partial charge >= 0.3 is 6.03 Å². The standard InChI is InChI=1S/C24H23FN6O4S/c1-13-9-17(25)16(21(32)29-20-6-5-15(11-26-20)35-14-3-4-14)10-18(13)28-22(33)19-12-27-23(36-19)30-24(34)31-7-2-8-31/h5-6,9-12,14H,2-4,7-8H2,1H3,(H,28,33)(H,26,29,32)(H,27,30,34). The van der Waals surface area contributed by atoms with Crippen LogP contribution in [0.15, 0.2) is 36.7 Å². The van der Waals surface area contributed by atoms with E-state index in [1.807, 2.05) is 0 Å². The molecule has 0 atom stereocenters. The summed E-state index contributed by atoms with van der Waals surface area (Å²) in [6, 6.07) is 5.46. The first kappa shape index (κ1) is 23.7. The van der Waals surface area contributed by atoms with E-state index in [1.165, 1.54) is 24.5 Å². The molecule has 2 aromatic heterocycles. The van der Waals surface area contributed by atoms with E-state index in [-0.39, 0.29) is 34.1 Å². The van der Waals surface area contributed by atoms with E-state index >= 15 is 0 Å². The second kappa shape index (κ2) is 9.90. The molecule has 1 saturated heterocycles. The van der Waals surface area contributed by atoms with E-state index in [0.717, 1.165) is 30.6 Å². The Kier molecular flexibility index (Phi) is 6.51. The molecule has 1 saturated carbocycles. The summed E-state index contributed by atoms with van der Waals surface area (Å²) in [5, 5.41) is 8.21. The summed E-state index contributed by atoms with van der Waals surface area (Å²) in [7, 11) is 0. The van der Waals surface area contributed by atoms with Gasteiger partial charge in [0, 0.05) is 18.8 Å². The normalized spacial score (nSPS) is 14.6. The Balaban J connectivity index is 1.24. The molecule has 0 radical (unpaired) electrons. The predicted molar refractivity (Wildman–Crippen MR) is 132 cm³/mol. The monoisotopic (exact) mass is 510 g/mol. The van der Waals surface area contributed by atoms with Crippen molar-refractivity contribution in [3.05, 3.63) is 58.5 Å². The van der Waals surface area contributed by atoms with Gasteiger partial charge in [0.25, 0.3) is 11.8 Å². The highest BCUT2D eigenvalue weighted by atomic mass is 32.1. The smallest absolute Gasteiger partial charge is 0.323 e. The number of nitrogens with zero attached hydrogens (tertiary/aromatic N) is 3. The van der Waals surface area contributed by atoms with Crippen molar-refractivity contribution in [2.75, 3.05) is 29.0 Å². The Hall–Kier alpha value is -4.06. The summed E-state index contributed by atoms with van der Waals surface area (Å²) in [6.45, 7) is 3.01. The molecule has 12 heteroatoms. The fourth-order valence-corrected chi connectivity index (χ4v) is 4.08. The molecule has 0 spiro atoms. The van der Waals surface area contributed by atoms with Gasteiger partial charge in [-0.25, -0.2) is 19.2 Å². The number of rotatable bonds is 7. The summed E-state index contributed by atoms with van der Waals surface area (Å²) >= 11 is 1.02. The lowest BCUT2D eigenvalue weighted by atomic mass is 10.1. The van der Waals surface area contributed by atoms with Crippen LogP contribution in [0.25, 0.3) is 0 Å². The van der Waals surface area contributed by atoms with Crippen LogP contribution in [0.5, 0.6) is 5.75 Å². The zero-order chi connectivity index (χ0) is 25.2. The van der Waals surface area contributed by atoms with Gasteiger partial charge in [-0.1, -0.05) is 11.3 Å². The highest BCUT2D eigenvalue weighted by Crippen LogP contribution is 2.27. The fraction of sp³-hybridized carbons (Fsp3) is 0.292. The quantitative estimate of drug-likeness (QED) is 0.436. The molecule has 4 amide bonds. The van der Waals surface area contributed by atoms with Crippen LogP contribution in [-0.4, -0.2) is 51.9 Å². The first-order valence-electron chi connectivity index (χ1n) is 11.4. The Morgan fingerprint density at radius 1 is 1.06 bits per heavy atom. The Morgan fingerprint density at radius 3 is 2.53 bits per heavy atom. The summed E-state index contributed by atoms with van der Waals surface area (Å²) in [4.78, 5) is 47.6. The van der Waals surface area contributed by atoms with Gasteiger partial charge in [-0.15, -0.1) is 0 Å². The number of thiazole rings is 1. The van der Waals surface area contributed by atoms with E-state index in [2.05, 4.69) is 25.9 Å². The van der Waals surface area contributed by atoms with Gasteiger partial charge in [0.1, 0.15) is 22.3 Å². The molecule has 2 aliphatic rings. The van der Waals surface area contributed by atoms with E-state index in [1.54, 1.807) is 24.0 Å². The molecule has 1 aliphatic carbocycles. The van der Waals surface area contributed by atoms with Crippen molar-refractivity contribution in [1.82, 2.24) is 14.9 Å². The van der Waals surface area contributed by atoms with Crippen LogP contribution in [0.2, 0.25) is 0 Å². The Labute approximate surface area is 209 Å². The third-order valence-electron chi connectivity index (χ3n) is 5.70. The van der Waals surface area contributed by atoms with Crippen molar-refractivity contribution in [1.29, 1.82) is 0 Å². The third kappa shape index (κ3) is 5.43. The van der Waals surface area contributed by atoms with Crippen LogP contribution in [0.3, 0.4) is 0 Å². The first-order chi connectivity index (χ1) is 17.4. The number of ether oxygens (including phenoxy) is 1. The molecule has 0 unspecified atom stereocenters. The van der Waals surface area contributed by atoms with Crippen LogP contribution in [0.4, 0.5) is 25.8 Å². The van der Waals surface area contributed by atoms with E-state index in [0.29, 0.717) is 29.5 Å². The van der Waals surface area contributed by atoms with Crippen LogP contribution in [0, 0.1) is 12.7 Å². The highest BCUT2D eigenvalue weighted by molar-refractivity contribution is 7.17. The minimum absolute atomic E-state index is 0.225. The number of nitrogens with one attached hydrogen (secondary N) is 3. The lowest BCUT2D eigenvalue weighted by molar-refractivity contribution is 0.101. The summed E-state index contributed by atoms with van der Waals surface area (Å²) in [6.07, 6.45) is 6.07. The number of aromatic nitrogens is 2. The van der Waals surface area contributed by atoms with Crippen molar-refractivity contribution in [2.24, 2.45) is 0 Å². The topological polar surface area (TPSA) is 126 Å². The van der Waals surface area contributed by atoms with E-state index < -0.39 is 17.6 Å². The number of halogens is 1. The maximum Gasteiger partial charge on any atom is 0.323 e. The van der Waals surface area contributed by atoms with Crippen molar-refractivity contribution in [2.45, 2.75) is 32.3 Å². The largest absolute Gasteiger partial charge is 0.489 e. The highest BCUT2D eigenvalue weighted by Gasteiger charge is 2.24. The number of likely N-dealkylation sites (tertiary alicyclic amines) is 1. The molecule has 1 aromatic carbocycles. The molecule has 5 rings (SSSR count). The number of urea groups is 1. The summed E-state index contributed by atoms with van der Waals surface area (Å²) in [5.74, 6) is -1.09. The summed E-state index contributed by atoms with van der Waals surface area (Å²) in [5.41, 5.74) is 0.461. The van der Waals surface area contributed by atoms with Crippen LogP contribution >= 0.6 is 11.3 Å². The molecule has 1 aliphatic heterocycles. The molecule has 0 bridgehead atoms. The number of aryl methyl sites for hydroxylation is 1. The maximum absolute atomic E-state index is 14.6. The molecule has 3 N–H and O–H groups in total. The zero-order valence-corrected chi connectivity index (χ0v) is 20.2. The minimum atomic E-state index is -0.731. The van der Waals surface area contributed by atoms with Crippen molar-refractivity contribution >= 4 is 45.8 Å².